The molecule has 3 aliphatic rings. The summed E-state index contributed by atoms with van der Waals surface area (Å²) in [4.78, 5) is 26.9. The Hall–Kier alpha value is -1.38. The Kier molecular flexibility index (Phi) is 9.41. The molecule has 0 aromatic rings. The number of hydrogen-bond donors (Lipinski definition) is 1. The number of piperazine rings is 1. The van der Waals surface area contributed by atoms with E-state index in [1.165, 1.54) is 12.8 Å². The fraction of sp³-hybridized carbons (Fsp3) is 0.913. The average molecular weight is 437 g/mol. The Morgan fingerprint density at radius 1 is 0.968 bits per heavy atom. The van der Waals surface area contributed by atoms with Gasteiger partial charge in [-0.05, 0) is 46.7 Å². The summed E-state index contributed by atoms with van der Waals surface area (Å²) in [5.74, 6) is 1.32. The lowest BCUT2D eigenvalue weighted by atomic mass is 9.89. The van der Waals surface area contributed by atoms with Crippen LogP contribution in [0.2, 0.25) is 0 Å². The summed E-state index contributed by atoms with van der Waals surface area (Å²) in [6.45, 7) is 11.5. The number of rotatable bonds is 6. The van der Waals surface area contributed by atoms with Gasteiger partial charge in [-0.2, -0.15) is 0 Å². The van der Waals surface area contributed by atoms with Crippen molar-refractivity contribution in [1.82, 2.24) is 24.9 Å². The van der Waals surface area contributed by atoms with Gasteiger partial charge in [-0.15, -0.1) is 0 Å². The van der Waals surface area contributed by atoms with Crippen LogP contribution in [0.3, 0.4) is 0 Å². The van der Waals surface area contributed by atoms with Gasteiger partial charge in [-0.25, -0.2) is 0 Å². The first-order valence-corrected chi connectivity index (χ1v) is 12.3. The van der Waals surface area contributed by atoms with Gasteiger partial charge in [0.15, 0.2) is 5.96 Å². The molecule has 1 N–H and O–H groups in total. The van der Waals surface area contributed by atoms with Crippen LogP contribution in [-0.2, 0) is 9.53 Å². The number of carbonyl (C=O) groups is 1. The van der Waals surface area contributed by atoms with Gasteiger partial charge in [0.25, 0.3) is 0 Å². The molecule has 0 atom stereocenters. The van der Waals surface area contributed by atoms with Gasteiger partial charge in [0.2, 0.25) is 5.91 Å². The number of likely N-dealkylation sites (tertiary alicyclic amines) is 1. The monoisotopic (exact) mass is 436 g/mol. The number of likely N-dealkylation sites (N-methyl/N-ethyl adjacent to an activating group) is 1. The zero-order chi connectivity index (χ0) is 22.1. The van der Waals surface area contributed by atoms with Crippen LogP contribution in [0.5, 0.6) is 0 Å². The summed E-state index contributed by atoms with van der Waals surface area (Å²) >= 11 is 0. The van der Waals surface area contributed by atoms with Gasteiger partial charge in [0.1, 0.15) is 0 Å². The number of guanidine groups is 1. The predicted octanol–water partition coefficient (Wildman–Crippen LogP) is 1.08. The van der Waals surface area contributed by atoms with E-state index in [0.717, 1.165) is 97.2 Å². The van der Waals surface area contributed by atoms with Crippen LogP contribution in [0.25, 0.3) is 0 Å². The van der Waals surface area contributed by atoms with Crippen molar-refractivity contribution in [2.75, 3.05) is 86.2 Å². The lowest BCUT2D eigenvalue weighted by molar-refractivity contribution is -0.132. The molecule has 0 aliphatic carbocycles. The molecule has 0 spiro atoms. The number of amides is 1. The third-order valence-electron chi connectivity index (χ3n) is 7.22. The first kappa shape index (κ1) is 24.3. The highest BCUT2D eigenvalue weighted by atomic mass is 16.5. The zero-order valence-corrected chi connectivity index (χ0v) is 20.1. The number of nitrogens with zero attached hydrogens (tertiary/aromatic N) is 5. The van der Waals surface area contributed by atoms with E-state index in [1.54, 1.807) is 0 Å². The molecule has 8 heteroatoms. The van der Waals surface area contributed by atoms with Crippen LogP contribution in [0, 0.1) is 0 Å². The molecular weight excluding hydrogens is 392 g/mol. The van der Waals surface area contributed by atoms with Crippen molar-refractivity contribution in [2.24, 2.45) is 4.99 Å². The maximum absolute atomic E-state index is 12.7. The van der Waals surface area contributed by atoms with Crippen LogP contribution in [0.15, 0.2) is 4.99 Å². The molecule has 8 nitrogen and oxygen atoms in total. The van der Waals surface area contributed by atoms with Crippen molar-refractivity contribution in [3.63, 3.8) is 0 Å². The Labute approximate surface area is 189 Å². The second-order valence-electron chi connectivity index (χ2n) is 9.46. The van der Waals surface area contributed by atoms with E-state index in [2.05, 4.69) is 45.9 Å². The van der Waals surface area contributed by atoms with Gasteiger partial charge in [0.05, 0.1) is 13.1 Å². The SMILES string of the molecule is CCNC(=NCC1(N(C)C)CCOCC1)N1CCN(CC(=O)N2CCCCCC2)CC1. The molecule has 0 bridgehead atoms. The van der Waals surface area contributed by atoms with Crippen LogP contribution < -0.4 is 5.32 Å². The molecule has 1 amide bonds. The fourth-order valence-electron chi connectivity index (χ4n) is 4.88. The quantitative estimate of drug-likeness (QED) is 0.497. The molecule has 3 heterocycles. The van der Waals surface area contributed by atoms with Crippen molar-refractivity contribution < 1.29 is 9.53 Å². The maximum atomic E-state index is 12.7. The van der Waals surface area contributed by atoms with E-state index in [4.69, 9.17) is 9.73 Å². The molecule has 3 fully saturated rings. The smallest absolute Gasteiger partial charge is 0.236 e. The molecule has 178 valence electrons. The van der Waals surface area contributed by atoms with Crippen molar-refractivity contribution in [3.8, 4) is 0 Å². The number of hydrogen-bond acceptors (Lipinski definition) is 5. The second kappa shape index (κ2) is 12.0. The Morgan fingerprint density at radius 2 is 1.61 bits per heavy atom. The second-order valence-corrected chi connectivity index (χ2v) is 9.46. The highest BCUT2D eigenvalue weighted by Crippen LogP contribution is 2.26. The number of carbonyl (C=O) groups excluding carboxylic acids is 1. The molecule has 3 rings (SSSR count). The van der Waals surface area contributed by atoms with Crippen LogP contribution >= 0.6 is 0 Å². The number of nitrogens with one attached hydrogen (secondary N) is 1. The lowest BCUT2D eigenvalue weighted by Gasteiger charge is -2.42. The molecule has 3 saturated heterocycles. The standard InChI is InChI=1S/C23H44N6O2/c1-4-24-22(25-20-23(26(2)3)9-17-31-18-10-23)29-15-13-27(14-16-29)19-21(30)28-11-7-5-6-8-12-28/h4-20H2,1-3H3,(H,24,25). The Bertz CT molecular complexity index is 575. The molecular formula is C23H44N6O2. The van der Waals surface area contributed by atoms with Gasteiger partial charge in [-0.3, -0.25) is 14.7 Å². The van der Waals surface area contributed by atoms with Crippen LogP contribution in [-0.4, -0.2) is 123 Å². The molecule has 31 heavy (non-hydrogen) atoms. The summed E-state index contributed by atoms with van der Waals surface area (Å²) in [5, 5.41) is 3.49. The Morgan fingerprint density at radius 3 is 2.19 bits per heavy atom. The summed E-state index contributed by atoms with van der Waals surface area (Å²) in [6, 6.07) is 0. The van der Waals surface area contributed by atoms with E-state index in [-0.39, 0.29) is 5.54 Å². The normalized spacial score (nSPS) is 23.7. The molecule has 3 aliphatic heterocycles. The highest BCUT2D eigenvalue weighted by Gasteiger charge is 2.35. The number of aliphatic imine (C=N–C) groups is 1. The molecule has 0 aromatic heterocycles. The summed E-state index contributed by atoms with van der Waals surface area (Å²) in [6.07, 6.45) is 6.88. The van der Waals surface area contributed by atoms with Gasteiger partial charge in [0, 0.05) is 64.6 Å². The van der Waals surface area contributed by atoms with Gasteiger partial charge < -0.3 is 24.8 Å². The maximum Gasteiger partial charge on any atom is 0.236 e. The minimum atomic E-state index is 0.0837. The first-order chi connectivity index (χ1) is 15.0. The van der Waals surface area contributed by atoms with Crippen molar-refractivity contribution in [2.45, 2.75) is 51.0 Å². The first-order valence-electron chi connectivity index (χ1n) is 12.3. The van der Waals surface area contributed by atoms with Crippen molar-refractivity contribution in [3.05, 3.63) is 0 Å². The summed E-state index contributed by atoms with van der Waals surface area (Å²) < 4.78 is 5.60. The van der Waals surface area contributed by atoms with E-state index in [1.807, 2.05) is 0 Å². The van der Waals surface area contributed by atoms with Crippen molar-refractivity contribution >= 4 is 11.9 Å². The molecule has 0 radical (unpaired) electrons. The van der Waals surface area contributed by atoms with Gasteiger partial charge in [-0.1, -0.05) is 12.8 Å². The van der Waals surface area contributed by atoms with E-state index in [9.17, 15) is 4.79 Å². The minimum Gasteiger partial charge on any atom is -0.381 e. The van der Waals surface area contributed by atoms with Crippen LogP contribution in [0.1, 0.15) is 45.4 Å². The van der Waals surface area contributed by atoms with Crippen molar-refractivity contribution in [1.29, 1.82) is 0 Å². The molecule has 0 unspecified atom stereocenters. The topological polar surface area (TPSA) is 63.7 Å². The minimum absolute atomic E-state index is 0.0837. The third-order valence-corrected chi connectivity index (χ3v) is 7.22. The third kappa shape index (κ3) is 6.80. The molecule has 0 aromatic carbocycles. The van der Waals surface area contributed by atoms with Crippen LogP contribution in [0.4, 0.5) is 0 Å². The average Bonchev–Trinajstić information content (AvgIpc) is 3.07. The fourth-order valence-corrected chi connectivity index (χ4v) is 4.88. The number of ether oxygens (including phenoxy) is 1. The van der Waals surface area contributed by atoms with E-state index in [0.29, 0.717) is 12.5 Å². The zero-order valence-electron chi connectivity index (χ0n) is 20.1. The van der Waals surface area contributed by atoms with E-state index < -0.39 is 0 Å². The predicted molar refractivity (Wildman–Crippen MR) is 126 cm³/mol. The molecule has 0 saturated carbocycles. The van der Waals surface area contributed by atoms with E-state index >= 15 is 0 Å². The summed E-state index contributed by atoms with van der Waals surface area (Å²) in [7, 11) is 4.32. The van der Waals surface area contributed by atoms with Gasteiger partial charge >= 0.3 is 0 Å². The Balaban J connectivity index is 1.52. The lowest BCUT2D eigenvalue weighted by Crippen LogP contribution is -2.55. The highest BCUT2D eigenvalue weighted by molar-refractivity contribution is 5.80. The largest absolute Gasteiger partial charge is 0.381 e. The summed E-state index contributed by atoms with van der Waals surface area (Å²) in [5.41, 5.74) is 0.0837.